The van der Waals surface area contributed by atoms with Crippen LogP contribution in [0.5, 0.6) is 0 Å². The van der Waals surface area contributed by atoms with Gasteiger partial charge in [0.1, 0.15) is 0 Å². The number of amides is 1. The van der Waals surface area contributed by atoms with Crippen molar-refractivity contribution >= 4 is 11.6 Å². The summed E-state index contributed by atoms with van der Waals surface area (Å²) >= 11 is 0. The molecule has 1 amide bonds. The highest BCUT2D eigenvalue weighted by Crippen LogP contribution is 2.17. The van der Waals surface area contributed by atoms with E-state index in [9.17, 15) is 4.79 Å². The summed E-state index contributed by atoms with van der Waals surface area (Å²) in [6, 6.07) is 10.1. The molecule has 5 nitrogen and oxygen atoms in total. The highest BCUT2D eigenvalue weighted by atomic mass is 16.1. The molecular formula is C16H20N4O. The average molecular weight is 284 g/mol. The molecule has 1 saturated carbocycles. The Morgan fingerprint density at radius 3 is 2.67 bits per heavy atom. The van der Waals surface area contributed by atoms with Crippen molar-refractivity contribution in [3.05, 3.63) is 42.7 Å². The third kappa shape index (κ3) is 3.70. The molecule has 2 aromatic rings. The number of aromatic nitrogens is 2. The fourth-order valence-corrected chi connectivity index (χ4v) is 2.69. The van der Waals surface area contributed by atoms with Crippen LogP contribution in [0.3, 0.4) is 0 Å². The molecule has 1 aromatic carbocycles. The molecule has 1 heterocycles. The van der Waals surface area contributed by atoms with E-state index < -0.39 is 0 Å². The summed E-state index contributed by atoms with van der Waals surface area (Å²) in [6.07, 6.45) is 8.55. The van der Waals surface area contributed by atoms with Crippen LogP contribution in [-0.2, 0) is 4.79 Å². The van der Waals surface area contributed by atoms with Gasteiger partial charge in [-0.2, -0.15) is 5.10 Å². The molecule has 2 N–H and O–H groups in total. The fourth-order valence-electron chi connectivity index (χ4n) is 2.69. The van der Waals surface area contributed by atoms with Gasteiger partial charge in [0.25, 0.3) is 0 Å². The second-order valence-electron chi connectivity index (χ2n) is 5.41. The topological polar surface area (TPSA) is 59.0 Å². The molecule has 0 spiro atoms. The number of nitrogens with zero attached hydrogens (tertiary/aromatic N) is 2. The van der Waals surface area contributed by atoms with Crippen molar-refractivity contribution in [2.45, 2.75) is 31.7 Å². The molecule has 0 unspecified atom stereocenters. The van der Waals surface area contributed by atoms with E-state index >= 15 is 0 Å². The molecule has 1 aliphatic carbocycles. The van der Waals surface area contributed by atoms with E-state index in [1.807, 2.05) is 36.5 Å². The Kier molecular flexibility index (Phi) is 4.31. The lowest BCUT2D eigenvalue weighted by Crippen LogP contribution is -2.34. The Bertz CT molecular complexity index is 571. The molecule has 1 fully saturated rings. The highest BCUT2D eigenvalue weighted by Gasteiger charge is 2.15. The van der Waals surface area contributed by atoms with Crippen molar-refractivity contribution in [3.63, 3.8) is 0 Å². The molecule has 5 heteroatoms. The summed E-state index contributed by atoms with van der Waals surface area (Å²) in [6.45, 7) is 0.381. The van der Waals surface area contributed by atoms with Crippen LogP contribution >= 0.6 is 0 Å². The van der Waals surface area contributed by atoms with E-state index in [1.54, 1.807) is 10.9 Å². The van der Waals surface area contributed by atoms with Crippen LogP contribution < -0.4 is 10.6 Å². The first-order valence-corrected chi connectivity index (χ1v) is 7.44. The molecule has 0 radical (unpaired) electrons. The average Bonchev–Trinajstić information content (AvgIpc) is 3.19. The maximum Gasteiger partial charge on any atom is 0.238 e. The number of carbonyl (C=O) groups excluding carboxylic acids is 1. The number of anilines is 1. The van der Waals surface area contributed by atoms with Crippen LogP contribution in [0.25, 0.3) is 5.69 Å². The van der Waals surface area contributed by atoms with Crippen LogP contribution in [0.1, 0.15) is 25.7 Å². The molecule has 0 bridgehead atoms. The standard InChI is InChI=1S/C16H20N4O/c21-16(12-17-13-4-1-2-5-13)19-14-6-8-15(9-7-14)20-11-3-10-18-20/h3,6-11,13,17H,1-2,4-5,12H2,(H,19,21). The van der Waals surface area contributed by atoms with Gasteiger partial charge in [-0.05, 0) is 43.2 Å². The zero-order valence-electron chi connectivity index (χ0n) is 12.0. The summed E-state index contributed by atoms with van der Waals surface area (Å²) in [7, 11) is 0. The lowest BCUT2D eigenvalue weighted by molar-refractivity contribution is -0.115. The summed E-state index contributed by atoms with van der Waals surface area (Å²) in [4.78, 5) is 11.9. The molecule has 0 aliphatic heterocycles. The molecule has 21 heavy (non-hydrogen) atoms. The minimum atomic E-state index is 0.00809. The smallest absolute Gasteiger partial charge is 0.238 e. The van der Waals surface area contributed by atoms with Gasteiger partial charge in [0, 0.05) is 24.1 Å². The monoisotopic (exact) mass is 284 g/mol. The van der Waals surface area contributed by atoms with E-state index in [2.05, 4.69) is 15.7 Å². The summed E-state index contributed by atoms with van der Waals surface area (Å²) < 4.78 is 1.78. The number of hydrogen-bond donors (Lipinski definition) is 2. The van der Waals surface area contributed by atoms with Gasteiger partial charge in [-0.15, -0.1) is 0 Å². The van der Waals surface area contributed by atoms with Gasteiger partial charge < -0.3 is 10.6 Å². The molecule has 110 valence electrons. The third-order valence-electron chi connectivity index (χ3n) is 3.83. The van der Waals surface area contributed by atoms with Crippen molar-refractivity contribution in [3.8, 4) is 5.69 Å². The lowest BCUT2D eigenvalue weighted by atomic mass is 10.2. The first-order chi connectivity index (χ1) is 10.3. The molecule has 1 aliphatic rings. The Hall–Kier alpha value is -2.14. The normalized spacial score (nSPS) is 15.2. The van der Waals surface area contributed by atoms with E-state index in [-0.39, 0.29) is 5.91 Å². The van der Waals surface area contributed by atoms with Crippen LogP contribution in [0.15, 0.2) is 42.7 Å². The molecule has 3 rings (SSSR count). The van der Waals surface area contributed by atoms with Crippen LogP contribution in [-0.4, -0.2) is 28.3 Å². The van der Waals surface area contributed by atoms with Gasteiger partial charge in [-0.3, -0.25) is 4.79 Å². The van der Waals surface area contributed by atoms with Crippen molar-refractivity contribution in [1.82, 2.24) is 15.1 Å². The number of carbonyl (C=O) groups is 1. The number of benzene rings is 1. The summed E-state index contributed by atoms with van der Waals surface area (Å²) in [5.41, 5.74) is 1.78. The first-order valence-electron chi connectivity index (χ1n) is 7.44. The van der Waals surface area contributed by atoms with Gasteiger partial charge in [-0.1, -0.05) is 12.8 Å². The summed E-state index contributed by atoms with van der Waals surface area (Å²) in [5, 5.41) is 10.4. The lowest BCUT2D eigenvalue weighted by Gasteiger charge is -2.12. The highest BCUT2D eigenvalue weighted by molar-refractivity contribution is 5.92. The quantitative estimate of drug-likeness (QED) is 0.886. The van der Waals surface area contributed by atoms with Crippen molar-refractivity contribution in [2.24, 2.45) is 0 Å². The predicted octanol–water partition coefficient (Wildman–Crippen LogP) is 2.34. The van der Waals surface area contributed by atoms with Gasteiger partial charge in [-0.25, -0.2) is 4.68 Å². The number of hydrogen-bond acceptors (Lipinski definition) is 3. The van der Waals surface area contributed by atoms with Gasteiger partial charge in [0.15, 0.2) is 0 Å². The van der Waals surface area contributed by atoms with Crippen molar-refractivity contribution in [2.75, 3.05) is 11.9 Å². The molecule has 1 aromatic heterocycles. The maximum absolute atomic E-state index is 11.9. The van der Waals surface area contributed by atoms with Gasteiger partial charge in [0.05, 0.1) is 12.2 Å². The zero-order chi connectivity index (χ0) is 14.5. The van der Waals surface area contributed by atoms with E-state index in [0.717, 1.165) is 11.4 Å². The summed E-state index contributed by atoms with van der Waals surface area (Å²) in [5.74, 6) is 0.00809. The predicted molar refractivity (Wildman–Crippen MR) is 82.5 cm³/mol. The molecule has 0 saturated heterocycles. The zero-order valence-corrected chi connectivity index (χ0v) is 12.0. The van der Waals surface area contributed by atoms with Crippen LogP contribution in [0, 0.1) is 0 Å². The number of nitrogens with one attached hydrogen (secondary N) is 2. The minimum Gasteiger partial charge on any atom is -0.325 e. The Morgan fingerprint density at radius 1 is 1.24 bits per heavy atom. The third-order valence-corrected chi connectivity index (χ3v) is 3.83. The minimum absolute atomic E-state index is 0.00809. The first kappa shape index (κ1) is 13.8. The second kappa shape index (κ2) is 6.54. The Labute approximate surface area is 124 Å². The van der Waals surface area contributed by atoms with E-state index in [1.165, 1.54) is 25.7 Å². The Morgan fingerprint density at radius 2 is 2.00 bits per heavy atom. The molecular weight excluding hydrogens is 264 g/mol. The molecule has 0 atom stereocenters. The van der Waals surface area contributed by atoms with Gasteiger partial charge in [0.2, 0.25) is 5.91 Å². The van der Waals surface area contributed by atoms with Crippen molar-refractivity contribution < 1.29 is 4.79 Å². The van der Waals surface area contributed by atoms with Gasteiger partial charge >= 0.3 is 0 Å². The largest absolute Gasteiger partial charge is 0.325 e. The second-order valence-corrected chi connectivity index (χ2v) is 5.41. The van der Waals surface area contributed by atoms with E-state index in [4.69, 9.17) is 0 Å². The Balaban J connectivity index is 1.51. The van der Waals surface area contributed by atoms with Crippen LogP contribution in [0.4, 0.5) is 5.69 Å². The van der Waals surface area contributed by atoms with E-state index in [0.29, 0.717) is 12.6 Å². The maximum atomic E-state index is 11.9. The van der Waals surface area contributed by atoms with Crippen molar-refractivity contribution in [1.29, 1.82) is 0 Å². The van der Waals surface area contributed by atoms with Crippen LogP contribution in [0.2, 0.25) is 0 Å². The fraction of sp³-hybridized carbons (Fsp3) is 0.375. The number of rotatable bonds is 5. The SMILES string of the molecule is O=C(CNC1CCCC1)Nc1ccc(-n2cccn2)cc1.